The number of aliphatic hydroxyl groups is 4. The van der Waals surface area contributed by atoms with Gasteiger partial charge in [0.2, 0.25) is 6.80 Å². The number of aromatic nitrogens is 8. The number of anilines is 2. The minimum atomic E-state index is -6.13. The van der Waals surface area contributed by atoms with Gasteiger partial charge < -0.3 is 86.5 Å². The highest BCUT2D eigenvalue weighted by Gasteiger charge is 2.47. The largest absolute Gasteiger partial charge is 0.779 e. The number of nitrogens with zero attached hydrogens (tertiary/aromatic N) is 8. The van der Waals surface area contributed by atoms with E-state index >= 15 is 0 Å². The molecule has 6 rings (SSSR count). The number of alkyl halides is 1. The number of hydrogen-bond donors (Lipinski definition) is 6. The molecule has 2 saturated heterocycles. The second-order valence-corrected chi connectivity index (χ2v) is 24.4. The van der Waals surface area contributed by atoms with E-state index in [1.54, 1.807) is 45.2 Å². The lowest BCUT2D eigenvalue weighted by molar-refractivity contribution is -0.221. The van der Waals surface area contributed by atoms with Gasteiger partial charge in [0.25, 0.3) is 0 Å². The maximum absolute atomic E-state index is 12.9. The molecule has 2 fully saturated rings. The van der Waals surface area contributed by atoms with Crippen molar-refractivity contribution in [2.24, 2.45) is 0 Å². The Balaban J connectivity index is 1.04. The van der Waals surface area contributed by atoms with Crippen molar-refractivity contribution >= 4 is 144 Å². The highest BCUT2D eigenvalue weighted by Crippen LogP contribution is 2.72. The first-order chi connectivity index (χ1) is 25.9. The zero-order chi connectivity index (χ0) is 41.3. The molecule has 310 valence electrons. The number of hydrogen-bond acceptors (Lipinski definition) is 26. The summed E-state index contributed by atoms with van der Waals surface area (Å²) in [5.74, 6) is 0.0234. The number of rotatable bonds is 14. The van der Waals surface area contributed by atoms with Crippen LogP contribution in [0.25, 0.3) is 22.3 Å². The van der Waals surface area contributed by atoms with Crippen LogP contribution >= 0.6 is 85.5 Å². The molecular formula is C21H23ClI2N10O16P4S2-4. The molecule has 8 N–H and O–H groups in total. The third-order valence-corrected chi connectivity index (χ3v) is 19.1. The van der Waals surface area contributed by atoms with Gasteiger partial charge in [-0.05, 0) is 0 Å². The van der Waals surface area contributed by atoms with Gasteiger partial charge in [-0.15, -0.1) is 11.6 Å². The average Bonchev–Trinajstić information content (AvgIpc) is 3.83. The van der Waals surface area contributed by atoms with Crippen LogP contribution < -0.4 is 26.1 Å². The van der Waals surface area contributed by atoms with Gasteiger partial charge in [-0.1, -0.05) is 11.8 Å². The molecule has 0 saturated carbocycles. The summed E-state index contributed by atoms with van der Waals surface area (Å²) in [6, 6.07) is 0. The van der Waals surface area contributed by atoms with E-state index in [4.69, 9.17) is 41.6 Å². The minimum absolute atomic E-state index is 0.0117. The number of fused-ring (bicyclic) bond motifs is 2. The Labute approximate surface area is 354 Å². The maximum Gasteiger partial charge on any atom is 0.204 e. The van der Waals surface area contributed by atoms with Crippen LogP contribution in [0.5, 0.6) is 0 Å². The Bertz CT molecular complexity index is 2200. The van der Waals surface area contributed by atoms with Gasteiger partial charge in [0, 0.05) is 45.2 Å². The van der Waals surface area contributed by atoms with E-state index in [1.807, 2.05) is 0 Å². The highest BCUT2D eigenvalue weighted by molar-refractivity contribution is 14.1. The van der Waals surface area contributed by atoms with Gasteiger partial charge in [-0.25, -0.2) is 29.9 Å². The van der Waals surface area contributed by atoms with Crippen LogP contribution in [-0.4, -0.2) is 114 Å². The molecule has 4 aromatic heterocycles. The van der Waals surface area contributed by atoms with Crippen molar-refractivity contribution in [2.75, 3.05) is 24.7 Å². The van der Waals surface area contributed by atoms with Gasteiger partial charge in [-0.2, -0.15) is 0 Å². The molecule has 13 atom stereocenters. The van der Waals surface area contributed by atoms with Gasteiger partial charge in [0.15, 0.2) is 63.1 Å². The van der Waals surface area contributed by atoms with Crippen LogP contribution in [0.1, 0.15) is 12.5 Å². The van der Waals surface area contributed by atoms with Crippen LogP contribution in [0.3, 0.4) is 0 Å². The Morgan fingerprint density at radius 2 is 1.21 bits per heavy atom. The van der Waals surface area contributed by atoms with E-state index in [0.29, 0.717) is 0 Å². The first-order valence-corrected chi connectivity index (χ1v) is 25.8. The maximum atomic E-state index is 12.9. The molecule has 0 spiro atoms. The number of aliphatic hydroxyl groups excluding tert-OH is 4. The van der Waals surface area contributed by atoms with Gasteiger partial charge in [-0.3, -0.25) is 22.3 Å². The van der Waals surface area contributed by atoms with E-state index < -0.39 is 95.9 Å². The molecule has 0 radical (unpaired) electrons. The lowest BCUT2D eigenvalue weighted by Gasteiger charge is -2.42. The molecule has 5 unspecified atom stereocenters. The molecule has 0 aliphatic carbocycles. The second-order valence-electron chi connectivity index (χ2n) is 11.5. The monoisotopic (exact) mass is 1150 g/mol. The van der Waals surface area contributed by atoms with Crippen molar-refractivity contribution in [3.63, 3.8) is 0 Å². The summed E-state index contributed by atoms with van der Waals surface area (Å²) in [5.41, 5.74) is 12.2. The van der Waals surface area contributed by atoms with Crippen molar-refractivity contribution < 1.29 is 75.9 Å². The zero-order valence-corrected chi connectivity index (χ0v) is 37.2. The number of nitrogen functional groups attached to an aromatic ring is 2. The number of ether oxygens (including phenoxy) is 2. The average molecular weight is 1150 g/mol. The number of imidazole rings is 2. The van der Waals surface area contributed by atoms with E-state index in [9.17, 15) is 48.8 Å². The van der Waals surface area contributed by atoms with E-state index in [1.165, 1.54) is 21.8 Å². The molecule has 35 heteroatoms. The molecule has 0 aromatic carbocycles. The minimum Gasteiger partial charge on any atom is -0.779 e. The third-order valence-electron chi connectivity index (χ3n) is 7.81. The summed E-state index contributed by atoms with van der Waals surface area (Å²) in [6.07, 6.45) is -10.3. The predicted octanol–water partition coefficient (Wildman–Crippen LogP) is -1.79. The molecule has 0 bridgehead atoms. The quantitative estimate of drug-likeness (QED) is 0.0267. The summed E-state index contributed by atoms with van der Waals surface area (Å²) in [6.45, 7) is -12.4. The first-order valence-electron chi connectivity index (χ1n) is 14.8. The molecule has 6 heterocycles. The van der Waals surface area contributed by atoms with Crippen LogP contribution in [0, 0.1) is 7.66 Å². The van der Waals surface area contributed by atoms with Crippen molar-refractivity contribution in [1.29, 1.82) is 0 Å². The molecule has 2 aliphatic rings. The van der Waals surface area contributed by atoms with Crippen molar-refractivity contribution in [2.45, 2.75) is 53.9 Å². The van der Waals surface area contributed by atoms with Crippen LogP contribution in [0.2, 0.25) is 0 Å². The fraction of sp³-hybridized carbons (Fsp3) is 0.524. The molecular weight excluding hydrogens is 1130 g/mol. The smallest absolute Gasteiger partial charge is 0.204 e. The highest BCUT2D eigenvalue weighted by atomic mass is 127. The molecule has 2 aliphatic heterocycles. The topological polar surface area (TPSA) is 396 Å². The van der Waals surface area contributed by atoms with Gasteiger partial charge >= 0.3 is 0 Å². The fourth-order valence-corrected chi connectivity index (χ4v) is 15.0. The number of nitrogens with two attached hydrogens (primary N) is 2. The summed E-state index contributed by atoms with van der Waals surface area (Å²) in [4.78, 5) is 59.5. The lowest BCUT2D eigenvalue weighted by Crippen LogP contribution is -2.34. The normalized spacial score (nSPS) is 30.6. The molecule has 56 heavy (non-hydrogen) atoms. The van der Waals surface area contributed by atoms with Crippen LogP contribution in [0.15, 0.2) is 12.7 Å². The van der Waals surface area contributed by atoms with Gasteiger partial charge in [0.1, 0.15) is 54.4 Å². The second kappa shape index (κ2) is 16.8. The van der Waals surface area contributed by atoms with E-state index in [-0.39, 0.29) is 41.6 Å². The summed E-state index contributed by atoms with van der Waals surface area (Å²) in [5, 5.41) is 42.4. The van der Waals surface area contributed by atoms with E-state index in [2.05, 4.69) is 62.6 Å². The molecule has 4 aromatic rings. The lowest BCUT2D eigenvalue weighted by atomic mass is 10.1. The Morgan fingerprint density at radius 3 is 1.66 bits per heavy atom. The summed E-state index contributed by atoms with van der Waals surface area (Å²) < 4.78 is 70.8. The zero-order valence-electron chi connectivity index (χ0n) is 26.9. The number of halogens is 3. The standard InChI is InChI=1S/C21H27ClI2N10O16P4S2/c22-19(51(39,40)49-53(43,55)45-1-5-9(35)11(37)17(47-5)33-3-27-7-13(25)29-20(23)31-15(7)33)52(41,42)50-54(44,56)46-2-6-10(36)12(38)18(48-6)34-4-28-8-14(26)30-21(24)32-16(8)34/h3-6,9-12,17-19,35-38H,1-2H2,(H,39,40)(H,41,42)(H,43,55)(H,44,56)(H2,25,29,31)(H2,26,30,32)/p-4/t5-,6-,9-,10-,11-,12-,17-,18-,19?,53?,54?/m1/s1. The molecule has 0 amide bonds. The van der Waals surface area contributed by atoms with Crippen molar-refractivity contribution in [3.8, 4) is 0 Å². The SMILES string of the molecule is Nc1nc(I)nc2c1ncn2[C@@H]1O[C@H](COP(=O)([S-])OP(=O)([O-])C(Cl)P(=O)([O-])OP([O-])(=S)OC[C@H]2O[C@@H](n3cnc4c(N)nc(I)nc43)[C@H](O)[C@@H]2O)[C@@H](O)[C@H]1O. The van der Waals surface area contributed by atoms with E-state index in [0.717, 1.165) is 0 Å². The fourth-order valence-electron chi connectivity index (χ4n) is 5.29. The Morgan fingerprint density at radius 1 is 0.804 bits per heavy atom. The Hall–Kier alpha value is -0.380. The first kappa shape index (κ1) is 45.2. The summed E-state index contributed by atoms with van der Waals surface area (Å²) >= 11 is 18.3. The Kier molecular flexibility index (Phi) is 13.6. The molecule has 26 nitrogen and oxygen atoms in total. The van der Waals surface area contributed by atoms with Crippen LogP contribution in [-0.2, 0) is 64.9 Å². The van der Waals surface area contributed by atoms with Gasteiger partial charge in [0.05, 0.1) is 25.9 Å². The van der Waals surface area contributed by atoms with Crippen LogP contribution in [0.4, 0.5) is 11.6 Å². The van der Waals surface area contributed by atoms with Crippen molar-refractivity contribution in [1.82, 2.24) is 39.0 Å². The third kappa shape index (κ3) is 9.41. The predicted molar refractivity (Wildman–Crippen MR) is 205 cm³/mol. The van der Waals surface area contributed by atoms with Crippen molar-refractivity contribution in [3.05, 3.63) is 20.3 Å². The summed E-state index contributed by atoms with van der Waals surface area (Å²) in [7, 11) is -12.3.